The molecular weight excluding hydrogens is 434 g/mol. The van der Waals surface area contributed by atoms with Crippen LogP contribution in [0.1, 0.15) is 35.0 Å². The molecule has 1 aromatic heterocycles. The van der Waals surface area contributed by atoms with Crippen LogP contribution in [0.15, 0.2) is 54.6 Å². The van der Waals surface area contributed by atoms with Crippen molar-refractivity contribution in [3.05, 3.63) is 77.1 Å². The van der Waals surface area contributed by atoms with Crippen molar-refractivity contribution in [1.29, 1.82) is 0 Å². The molecule has 1 atom stereocenters. The molecule has 3 rings (SSSR count). The van der Waals surface area contributed by atoms with E-state index in [9.17, 15) is 9.59 Å². The van der Waals surface area contributed by atoms with E-state index in [2.05, 4.69) is 10.4 Å². The predicted octanol–water partition coefficient (Wildman–Crippen LogP) is 3.94. The first-order chi connectivity index (χ1) is 16.4. The Labute approximate surface area is 199 Å². The zero-order valence-corrected chi connectivity index (χ0v) is 20.0. The van der Waals surface area contributed by atoms with Crippen molar-refractivity contribution >= 4 is 18.0 Å². The lowest BCUT2D eigenvalue weighted by molar-refractivity contribution is -0.141. The Bertz CT molecular complexity index is 1180. The number of methoxy groups -OCH3 is 3. The van der Waals surface area contributed by atoms with Gasteiger partial charge in [-0.05, 0) is 49.8 Å². The van der Waals surface area contributed by atoms with Gasteiger partial charge in [-0.1, -0.05) is 24.3 Å². The van der Waals surface area contributed by atoms with Gasteiger partial charge in [0.05, 0.1) is 45.2 Å². The van der Waals surface area contributed by atoms with E-state index >= 15 is 0 Å². The Morgan fingerprint density at radius 3 is 2.38 bits per heavy atom. The van der Waals surface area contributed by atoms with E-state index in [0.717, 1.165) is 22.6 Å². The zero-order chi connectivity index (χ0) is 24.7. The third kappa shape index (κ3) is 5.64. The quantitative estimate of drug-likeness (QED) is 0.382. The van der Waals surface area contributed by atoms with Gasteiger partial charge in [-0.25, -0.2) is 4.68 Å². The van der Waals surface area contributed by atoms with Gasteiger partial charge in [-0.3, -0.25) is 9.59 Å². The van der Waals surface area contributed by atoms with Crippen LogP contribution in [0.25, 0.3) is 11.8 Å². The number of ether oxygens (including phenoxy) is 3. The number of nitrogens with zero attached hydrogens (tertiary/aromatic N) is 2. The molecule has 178 valence electrons. The molecule has 1 heterocycles. The summed E-state index contributed by atoms with van der Waals surface area (Å²) in [7, 11) is 4.38. The van der Waals surface area contributed by atoms with Crippen LogP contribution in [-0.2, 0) is 14.3 Å². The highest BCUT2D eigenvalue weighted by Gasteiger charge is 2.20. The topological polar surface area (TPSA) is 91.7 Å². The average molecular weight is 464 g/mol. The summed E-state index contributed by atoms with van der Waals surface area (Å²) in [5, 5.41) is 7.48. The van der Waals surface area contributed by atoms with E-state index < -0.39 is 12.0 Å². The molecule has 8 heteroatoms. The maximum absolute atomic E-state index is 12.8. The third-order valence-electron chi connectivity index (χ3n) is 5.47. The number of aryl methyl sites for hydroxylation is 1. The van der Waals surface area contributed by atoms with Crippen molar-refractivity contribution in [2.45, 2.75) is 26.3 Å². The van der Waals surface area contributed by atoms with Crippen LogP contribution in [0, 0.1) is 13.8 Å². The van der Waals surface area contributed by atoms with Crippen molar-refractivity contribution in [3.8, 4) is 17.2 Å². The number of amides is 1. The molecule has 0 radical (unpaired) electrons. The molecule has 2 aromatic carbocycles. The third-order valence-corrected chi connectivity index (χ3v) is 5.47. The second kappa shape index (κ2) is 11.2. The maximum Gasteiger partial charge on any atom is 0.307 e. The number of aromatic nitrogens is 2. The van der Waals surface area contributed by atoms with Crippen LogP contribution in [0.3, 0.4) is 0 Å². The Morgan fingerprint density at radius 2 is 1.74 bits per heavy atom. The molecule has 34 heavy (non-hydrogen) atoms. The molecule has 0 saturated heterocycles. The van der Waals surface area contributed by atoms with E-state index in [-0.39, 0.29) is 12.3 Å². The van der Waals surface area contributed by atoms with Crippen molar-refractivity contribution in [2.24, 2.45) is 0 Å². The molecule has 0 aliphatic heterocycles. The molecular formula is C26H29N3O5. The number of nitrogens with one attached hydrogen (secondary N) is 1. The molecule has 1 amide bonds. The van der Waals surface area contributed by atoms with Crippen LogP contribution >= 0.6 is 0 Å². The average Bonchev–Trinajstić information content (AvgIpc) is 3.15. The van der Waals surface area contributed by atoms with Gasteiger partial charge < -0.3 is 19.5 Å². The largest absolute Gasteiger partial charge is 0.493 e. The van der Waals surface area contributed by atoms with Crippen molar-refractivity contribution in [2.75, 3.05) is 21.3 Å². The molecule has 8 nitrogen and oxygen atoms in total. The summed E-state index contributed by atoms with van der Waals surface area (Å²) in [5.41, 5.74) is 4.21. The van der Waals surface area contributed by atoms with Crippen LogP contribution in [0.2, 0.25) is 0 Å². The van der Waals surface area contributed by atoms with Crippen LogP contribution < -0.4 is 14.8 Å². The Kier molecular flexibility index (Phi) is 8.08. The van der Waals surface area contributed by atoms with Crippen LogP contribution in [0.4, 0.5) is 0 Å². The van der Waals surface area contributed by atoms with Gasteiger partial charge in [0, 0.05) is 17.3 Å². The number of carbonyl (C=O) groups is 2. The molecule has 0 spiro atoms. The van der Waals surface area contributed by atoms with E-state index in [1.807, 2.05) is 48.9 Å². The lowest BCUT2D eigenvalue weighted by atomic mass is 10.0. The summed E-state index contributed by atoms with van der Waals surface area (Å²) in [6, 6.07) is 14.4. The van der Waals surface area contributed by atoms with Gasteiger partial charge in [0.15, 0.2) is 11.5 Å². The number of rotatable bonds is 9. The zero-order valence-electron chi connectivity index (χ0n) is 20.0. The molecule has 0 bridgehead atoms. The fourth-order valence-corrected chi connectivity index (χ4v) is 3.67. The molecule has 3 aromatic rings. The van der Waals surface area contributed by atoms with E-state index in [4.69, 9.17) is 14.2 Å². The number of carbonyl (C=O) groups excluding carboxylic acids is 2. The van der Waals surface area contributed by atoms with E-state index in [1.165, 1.54) is 20.3 Å². The fraction of sp³-hybridized carbons (Fsp3) is 0.269. The lowest BCUT2D eigenvalue weighted by Crippen LogP contribution is -2.29. The summed E-state index contributed by atoms with van der Waals surface area (Å²) in [5.74, 6) is 0.254. The first kappa shape index (κ1) is 24.6. The molecule has 0 fully saturated rings. The van der Waals surface area contributed by atoms with Gasteiger partial charge in [0.25, 0.3) is 0 Å². The van der Waals surface area contributed by atoms with Crippen molar-refractivity contribution < 1.29 is 23.8 Å². The Balaban J connectivity index is 1.83. The number of hydrogen-bond donors (Lipinski definition) is 1. The van der Waals surface area contributed by atoms with Gasteiger partial charge >= 0.3 is 5.97 Å². The molecule has 1 N–H and O–H groups in total. The summed E-state index contributed by atoms with van der Waals surface area (Å²) in [4.78, 5) is 24.8. The highest BCUT2D eigenvalue weighted by Crippen LogP contribution is 2.31. The van der Waals surface area contributed by atoms with Crippen LogP contribution in [-0.4, -0.2) is 43.0 Å². The molecule has 0 aliphatic carbocycles. The molecule has 0 aliphatic rings. The second-order valence-electron chi connectivity index (χ2n) is 7.62. The highest BCUT2D eigenvalue weighted by molar-refractivity contribution is 5.92. The number of esters is 1. The van der Waals surface area contributed by atoms with Gasteiger partial charge in [0.1, 0.15) is 0 Å². The number of para-hydroxylation sites is 1. The molecule has 1 unspecified atom stereocenters. The minimum atomic E-state index is -0.612. The summed E-state index contributed by atoms with van der Waals surface area (Å²) < 4.78 is 17.3. The fourth-order valence-electron chi connectivity index (χ4n) is 3.67. The van der Waals surface area contributed by atoms with Crippen molar-refractivity contribution in [1.82, 2.24) is 15.1 Å². The van der Waals surface area contributed by atoms with Gasteiger partial charge in [-0.15, -0.1) is 0 Å². The lowest BCUT2D eigenvalue weighted by Gasteiger charge is -2.19. The van der Waals surface area contributed by atoms with E-state index in [1.54, 1.807) is 31.4 Å². The smallest absolute Gasteiger partial charge is 0.307 e. The van der Waals surface area contributed by atoms with Gasteiger partial charge in [0.2, 0.25) is 5.91 Å². The summed E-state index contributed by atoms with van der Waals surface area (Å²) >= 11 is 0. The standard InChI is InChI=1S/C26H29N3O5/c1-17-21(18(2)29(28-17)20-9-7-6-8-10-20)12-14-25(30)27-22(16-26(31)34-5)19-11-13-23(32-3)24(15-19)33-4/h6-15,22H,16H2,1-5H3,(H,27,30)/b14-12+. The highest BCUT2D eigenvalue weighted by atomic mass is 16.5. The monoisotopic (exact) mass is 463 g/mol. The normalized spacial score (nSPS) is 11.8. The Hall–Kier alpha value is -4.07. The second-order valence-corrected chi connectivity index (χ2v) is 7.62. The van der Waals surface area contributed by atoms with Crippen LogP contribution in [0.5, 0.6) is 11.5 Å². The summed E-state index contributed by atoms with van der Waals surface area (Å²) in [6.45, 7) is 3.85. The maximum atomic E-state index is 12.8. The minimum Gasteiger partial charge on any atom is -0.493 e. The number of hydrogen-bond acceptors (Lipinski definition) is 6. The first-order valence-corrected chi connectivity index (χ1v) is 10.8. The Morgan fingerprint density at radius 1 is 1.03 bits per heavy atom. The summed E-state index contributed by atoms with van der Waals surface area (Å²) in [6.07, 6.45) is 3.14. The van der Waals surface area contributed by atoms with E-state index in [0.29, 0.717) is 17.1 Å². The SMILES string of the molecule is COC(=O)CC(NC(=O)/C=C/c1c(C)nn(-c2ccccc2)c1C)c1ccc(OC)c(OC)c1. The predicted molar refractivity (Wildman–Crippen MR) is 129 cm³/mol. The first-order valence-electron chi connectivity index (χ1n) is 10.8. The van der Waals surface area contributed by atoms with Gasteiger partial charge in [-0.2, -0.15) is 5.10 Å². The van der Waals surface area contributed by atoms with Crippen molar-refractivity contribution in [3.63, 3.8) is 0 Å². The minimum absolute atomic E-state index is 0.0322. The molecule has 0 saturated carbocycles. The number of benzene rings is 2.